The molecule has 0 bridgehead atoms. The molecular weight excluding hydrogens is 430 g/mol. The van der Waals surface area contributed by atoms with E-state index in [1.54, 1.807) is 0 Å². The van der Waals surface area contributed by atoms with E-state index in [0.717, 1.165) is 0 Å². The van der Waals surface area contributed by atoms with Crippen molar-refractivity contribution in [1.82, 2.24) is 0 Å². The molecule has 3 rings (SSSR count). The second-order valence-corrected chi connectivity index (χ2v) is 8.78. The number of hydrogen-bond acceptors (Lipinski definition) is 14. The van der Waals surface area contributed by atoms with Crippen molar-refractivity contribution in [2.75, 3.05) is 13.2 Å². The van der Waals surface area contributed by atoms with Crippen molar-refractivity contribution in [3.8, 4) is 0 Å². The summed E-state index contributed by atoms with van der Waals surface area (Å²) in [6.45, 7) is -0.499. The zero-order chi connectivity index (χ0) is 23.7. The lowest BCUT2D eigenvalue weighted by Gasteiger charge is -2.47. The first-order chi connectivity index (χ1) is 15.1. The van der Waals surface area contributed by atoms with Crippen molar-refractivity contribution < 1.29 is 44.5 Å². The van der Waals surface area contributed by atoms with Crippen LogP contribution in [0.1, 0.15) is 12.8 Å². The normalized spacial score (nSPS) is 52.7. The molecule has 0 spiro atoms. The maximum absolute atomic E-state index is 11.0. The third-order valence-corrected chi connectivity index (χ3v) is 6.41. The van der Waals surface area contributed by atoms with Gasteiger partial charge in [0.15, 0.2) is 12.6 Å². The molecule has 2 heterocycles. The molecule has 188 valence electrons. The molecule has 32 heavy (non-hydrogen) atoms. The van der Waals surface area contributed by atoms with Crippen LogP contribution in [-0.2, 0) is 18.9 Å². The summed E-state index contributed by atoms with van der Waals surface area (Å²) in [5, 5.41) is 50.7. The van der Waals surface area contributed by atoms with Gasteiger partial charge in [-0.25, -0.2) is 0 Å². The van der Waals surface area contributed by atoms with Gasteiger partial charge in [-0.3, -0.25) is 0 Å². The molecule has 15 N–H and O–H groups in total. The Labute approximate surface area is 185 Å². The van der Waals surface area contributed by atoms with Crippen LogP contribution in [0.2, 0.25) is 0 Å². The van der Waals surface area contributed by atoms with E-state index in [9.17, 15) is 25.5 Å². The minimum Gasteiger partial charge on any atom is -0.394 e. The van der Waals surface area contributed by atoms with E-state index in [2.05, 4.69) is 0 Å². The lowest BCUT2D eigenvalue weighted by Crippen LogP contribution is -2.68. The number of ether oxygens (including phenoxy) is 4. The van der Waals surface area contributed by atoms with Gasteiger partial charge in [-0.15, -0.1) is 0 Å². The first kappa shape index (κ1) is 26.1. The number of hydrogen-bond donors (Lipinski definition) is 10. The highest BCUT2D eigenvalue weighted by atomic mass is 16.7. The Bertz CT molecular complexity index is 607. The molecule has 14 atom stereocenters. The van der Waals surface area contributed by atoms with Gasteiger partial charge in [-0.1, -0.05) is 0 Å². The molecule has 1 aliphatic carbocycles. The summed E-state index contributed by atoms with van der Waals surface area (Å²) >= 11 is 0. The van der Waals surface area contributed by atoms with Gasteiger partial charge in [0.1, 0.15) is 36.6 Å². The van der Waals surface area contributed by atoms with Gasteiger partial charge in [0.2, 0.25) is 0 Å². The first-order valence-corrected chi connectivity index (χ1v) is 10.8. The minimum atomic E-state index is -1.44. The molecule has 0 aromatic rings. The maximum Gasteiger partial charge on any atom is 0.186 e. The number of rotatable bonds is 6. The van der Waals surface area contributed by atoms with Crippen LogP contribution in [0, 0.1) is 0 Å². The number of nitrogens with two attached hydrogens (primary N) is 5. The summed E-state index contributed by atoms with van der Waals surface area (Å²) in [5.74, 6) is 0. The van der Waals surface area contributed by atoms with Gasteiger partial charge >= 0.3 is 0 Å². The topological polar surface area (TPSA) is 268 Å². The predicted molar refractivity (Wildman–Crippen MR) is 108 cm³/mol. The van der Waals surface area contributed by atoms with Crippen LogP contribution in [0.5, 0.6) is 0 Å². The average molecular weight is 468 g/mol. The standard InChI is InChI=1S/C18H37N5O9/c19-3-9-8(25)2-7(22)17(29-9)31-15-5(20)1-6(21)16(14(15)28)32-18-13(27)11(23)12(26)10(4-24)30-18/h5-18,24-28H,1-4,19-23H2/t5?,6-,7?,8+,9?,10?,11?,12-,13?,14+,15-,16?,17-,18+/m1/s1. The summed E-state index contributed by atoms with van der Waals surface area (Å²) in [4.78, 5) is 0. The Morgan fingerprint density at radius 1 is 0.719 bits per heavy atom. The van der Waals surface area contributed by atoms with Crippen molar-refractivity contribution >= 4 is 0 Å². The molecule has 2 saturated heterocycles. The highest BCUT2D eigenvalue weighted by Crippen LogP contribution is 2.30. The van der Waals surface area contributed by atoms with Crippen LogP contribution in [-0.4, -0.2) is 124 Å². The molecule has 14 heteroatoms. The average Bonchev–Trinajstić information content (AvgIpc) is 2.75. The molecule has 0 radical (unpaired) electrons. The third-order valence-electron chi connectivity index (χ3n) is 6.41. The summed E-state index contributed by atoms with van der Waals surface area (Å²) in [7, 11) is 0. The van der Waals surface area contributed by atoms with Gasteiger partial charge in [0.05, 0.1) is 30.9 Å². The molecule has 7 unspecified atom stereocenters. The van der Waals surface area contributed by atoms with E-state index in [-0.39, 0.29) is 19.4 Å². The Morgan fingerprint density at radius 2 is 1.28 bits per heavy atom. The van der Waals surface area contributed by atoms with E-state index < -0.39 is 92.2 Å². The lowest BCUT2D eigenvalue weighted by atomic mass is 9.84. The van der Waals surface area contributed by atoms with Gasteiger partial charge in [-0.05, 0) is 12.8 Å². The van der Waals surface area contributed by atoms with Crippen LogP contribution >= 0.6 is 0 Å². The Balaban J connectivity index is 1.70. The van der Waals surface area contributed by atoms with E-state index in [1.807, 2.05) is 0 Å². The Morgan fingerprint density at radius 3 is 1.84 bits per heavy atom. The molecule has 3 aliphatic rings. The van der Waals surface area contributed by atoms with Gasteiger partial charge < -0.3 is 73.1 Å². The van der Waals surface area contributed by atoms with Crippen molar-refractivity contribution in [2.45, 2.75) is 98.4 Å². The second kappa shape index (κ2) is 10.8. The molecule has 3 fully saturated rings. The van der Waals surface area contributed by atoms with Gasteiger partial charge in [-0.2, -0.15) is 0 Å². The number of aliphatic hydroxyl groups is 5. The highest BCUT2D eigenvalue weighted by molar-refractivity contribution is 5.01. The molecular formula is C18H37N5O9. The first-order valence-electron chi connectivity index (χ1n) is 10.8. The van der Waals surface area contributed by atoms with Crippen LogP contribution in [0.15, 0.2) is 0 Å². The molecule has 2 aliphatic heterocycles. The quantitative estimate of drug-likeness (QED) is 0.174. The van der Waals surface area contributed by atoms with Crippen LogP contribution in [0.3, 0.4) is 0 Å². The maximum atomic E-state index is 11.0. The van der Waals surface area contributed by atoms with E-state index in [0.29, 0.717) is 0 Å². The summed E-state index contributed by atoms with van der Waals surface area (Å²) in [5.41, 5.74) is 29.8. The fourth-order valence-electron chi connectivity index (χ4n) is 4.43. The smallest absolute Gasteiger partial charge is 0.186 e. The molecule has 14 nitrogen and oxygen atoms in total. The van der Waals surface area contributed by atoms with Crippen molar-refractivity contribution in [3.05, 3.63) is 0 Å². The highest BCUT2D eigenvalue weighted by Gasteiger charge is 2.50. The second-order valence-electron chi connectivity index (χ2n) is 8.78. The Hall–Kier alpha value is -0.560. The molecule has 0 amide bonds. The zero-order valence-electron chi connectivity index (χ0n) is 17.7. The monoisotopic (exact) mass is 467 g/mol. The van der Waals surface area contributed by atoms with Gasteiger partial charge in [0.25, 0.3) is 0 Å². The van der Waals surface area contributed by atoms with Crippen LogP contribution in [0.4, 0.5) is 0 Å². The van der Waals surface area contributed by atoms with Crippen molar-refractivity contribution in [2.24, 2.45) is 28.7 Å². The summed E-state index contributed by atoms with van der Waals surface area (Å²) < 4.78 is 22.7. The SMILES string of the molecule is NCC1O[C@H](O[C@@H]2C(N)C[C@@H](N)C(O[C@@H]3OC(CO)[C@@H](O)C(N)C3O)[C@H]2O)C(N)C[C@@H]1O. The fraction of sp³-hybridized carbons (Fsp3) is 1.00. The van der Waals surface area contributed by atoms with Crippen LogP contribution < -0.4 is 28.7 Å². The third kappa shape index (κ3) is 5.24. The van der Waals surface area contributed by atoms with E-state index in [1.165, 1.54) is 0 Å². The lowest BCUT2D eigenvalue weighted by molar-refractivity contribution is -0.314. The van der Waals surface area contributed by atoms with E-state index in [4.69, 9.17) is 47.6 Å². The summed E-state index contributed by atoms with van der Waals surface area (Å²) in [6.07, 6.45) is -10.8. The minimum absolute atomic E-state index is 0.0542. The van der Waals surface area contributed by atoms with Crippen molar-refractivity contribution in [1.29, 1.82) is 0 Å². The number of aliphatic hydroxyl groups excluding tert-OH is 5. The Kier molecular flexibility index (Phi) is 8.79. The van der Waals surface area contributed by atoms with Crippen LogP contribution in [0.25, 0.3) is 0 Å². The zero-order valence-corrected chi connectivity index (χ0v) is 17.7. The van der Waals surface area contributed by atoms with Crippen molar-refractivity contribution in [3.63, 3.8) is 0 Å². The summed E-state index contributed by atoms with van der Waals surface area (Å²) in [6, 6.07) is -3.27. The predicted octanol–water partition coefficient (Wildman–Crippen LogP) is -6.30. The fourth-order valence-corrected chi connectivity index (χ4v) is 4.43. The molecule has 1 saturated carbocycles. The largest absolute Gasteiger partial charge is 0.394 e. The van der Waals surface area contributed by atoms with Gasteiger partial charge in [0, 0.05) is 18.6 Å². The molecule has 0 aromatic carbocycles. The molecule has 0 aromatic heterocycles. The van der Waals surface area contributed by atoms with E-state index >= 15 is 0 Å².